The summed E-state index contributed by atoms with van der Waals surface area (Å²) in [6.45, 7) is 3.41. The van der Waals surface area contributed by atoms with Gasteiger partial charge in [-0.15, -0.1) is 0 Å². The predicted molar refractivity (Wildman–Crippen MR) is 34.7 cm³/mol. The molecule has 0 saturated carbocycles. The van der Waals surface area contributed by atoms with Crippen molar-refractivity contribution in [1.82, 2.24) is 0 Å². The zero-order chi connectivity index (χ0) is 6.57. The number of hydrogen-bond donors (Lipinski definition) is 1. The molecule has 0 heterocycles. The van der Waals surface area contributed by atoms with Gasteiger partial charge in [-0.25, -0.2) is 0 Å². The Morgan fingerprint density at radius 2 is 2.25 bits per heavy atom. The van der Waals surface area contributed by atoms with Crippen molar-refractivity contribution in [3.8, 4) is 0 Å². The largest absolute Gasteiger partial charge is 0.323 e. The van der Waals surface area contributed by atoms with Gasteiger partial charge in [-0.3, -0.25) is 4.79 Å². The maximum absolute atomic E-state index is 10.4. The van der Waals surface area contributed by atoms with E-state index in [0.717, 1.165) is 0 Å². The summed E-state index contributed by atoms with van der Waals surface area (Å²) in [4.78, 5) is 10.4. The Bertz CT molecular complexity index is 118. The molecule has 1 N–H and O–H groups in total. The Morgan fingerprint density at radius 3 is 2.38 bits per heavy atom. The van der Waals surface area contributed by atoms with E-state index in [0.29, 0.717) is 5.57 Å². The molecule has 8 heavy (non-hydrogen) atoms. The second-order valence-corrected chi connectivity index (χ2v) is 1.90. The maximum Gasteiger partial charge on any atom is 0.241 e. The number of rotatable bonds is 1. The van der Waals surface area contributed by atoms with E-state index in [9.17, 15) is 4.79 Å². The first-order valence-corrected chi connectivity index (χ1v) is 2.98. The van der Waals surface area contributed by atoms with E-state index in [1.807, 2.05) is 0 Å². The minimum atomic E-state index is -0.285. The molecular formula is C5H8O2S. The van der Waals surface area contributed by atoms with Gasteiger partial charge in [0.05, 0.1) is 12.0 Å². The fourth-order valence-electron chi connectivity index (χ4n) is 0.190. The maximum atomic E-state index is 10.4. The second-order valence-electron chi connectivity index (χ2n) is 1.35. The lowest BCUT2D eigenvalue weighted by atomic mass is 10.3. The first-order chi connectivity index (χ1) is 3.72. The summed E-state index contributed by atoms with van der Waals surface area (Å²) in [6.07, 6.45) is 1.66. The standard InChI is InChI=1S/C5H8O2S/c1-3-4(2)5(6)8-7/h3,7H,1-2H3. The summed E-state index contributed by atoms with van der Waals surface area (Å²) in [5.74, 6) is 0. The van der Waals surface area contributed by atoms with Gasteiger partial charge in [-0.2, -0.15) is 0 Å². The minimum Gasteiger partial charge on any atom is -0.323 e. The highest BCUT2D eigenvalue weighted by Gasteiger charge is 1.99. The molecule has 0 fully saturated rings. The Balaban J connectivity index is 3.83. The topological polar surface area (TPSA) is 37.3 Å². The summed E-state index contributed by atoms with van der Waals surface area (Å²) >= 11 is 0.250. The molecule has 0 aliphatic carbocycles. The second kappa shape index (κ2) is 3.69. The van der Waals surface area contributed by atoms with Gasteiger partial charge in [-0.1, -0.05) is 6.08 Å². The number of hydrogen-bond acceptors (Lipinski definition) is 3. The Morgan fingerprint density at radius 1 is 1.75 bits per heavy atom. The van der Waals surface area contributed by atoms with Crippen LogP contribution in [0.4, 0.5) is 0 Å². The highest BCUT2D eigenvalue weighted by atomic mass is 32.2. The molecule has 0 aromatic rings. The summed E-state index contributed by atoms with van der Waals surface area (Å²) < 4.78 is 8.16. The summed E-state index contributed by atoms with van der Waals surface area (Å²) in [5.41, 5.74) is 0.581. The molecule has 0 atom stereocenters. The molecule has 0 aromatic heterocycles. The molecule has 2 nitrogen and oxygen atoms in total. The van der Waals surface area contributed by atoms with Crippen LogP contribution in [-0.2, 0) is 4.79 Å². The van der Waals surface area contributed by atoms with Crippen molar-refractivity contribution in [3.63, 3.8) is 0 Å². The van der Waals surface area contributed by atoms with Crippen LogP contribution in [-0.4, -0.2) is 9.67 Å². The lowest BCUT2D eigenvalue weighted by molar-refractivity contribution is -0.108. The van der Waals surface area contributed by atoms with Crippen molar-refractivity contribution in [2.24, 2.45) is 0 Å². The zero-order valence-electron chi connectivity index (χ0n) is 4.84. The Hall–Kier alpha value is -0.280. The fourth-order valence-corrected chi connectivity index (χ4v) is 0.452. The van der Waals surface area contributed by atoms with Crippen LogP contribution >= 0.6 is 12.0 Å². The first kappa shape index (κ1) is 7.72. The highest BCUT2D eigenvalue weighted by Crippen LogP contribution is 2.03. The van der Waals surface area contributed by atoms with Crippen LogP contribution in [0.15, 0.2) is 11.6 Å². The molecule has 0 amide bonds. The van der Waals surface area contributed by atoms with E-state index >= 15 is 0 Å². The van der Waals surface area contributed by atoms with E-state index < -0.39 is 0 Å². The number of carbonyl (C=O) groups excluding carboxylic acids is 1. The summed E-state index contributed by atoms with van der Waals surface area (Å²) in [7, 11) is 0. The van der Waals surface area contributed by atoms with Crippen LogP contribution in [0, 0.1) is 0 Å². The van der Waals surface area contributed by atoms with E-state index in [1.165, 1.54) is 0 Å². The first-order valence-electron chi connectivity index (χ1n) is 2.21. The molecule has 0 saturated heterocycles. The molecule has 0 spiro atoms. The van der Waals surface area contributed by atoms with E-state index in [-0.39, 0.29) is 17.2 Å². The quantitative estimate of drug-likeness (QED) is 0.435. The Labute approximate surface area is 52.8 Å². The van der Waals surface area contributed by atoms with Gasteiger partial charge in [0.1, 0.15) is 0 Å². The van der Waals surface area contributed by atoms with Crippen molar-refractivity contribution >= 4 is 17.2 Å². The average Bonchev–Trinajstić information content (AvgIpc) is 1.84. The molecule has 0 aromatic carbocycles. The monoisotopic (exact) mass is 132 g/mol. The van der Waals surface area contributed by atoms with Gasteiger partial charge in [0.15, 0.2) is 0 Å². The molecule has 0 aliphatic heterocycles. The van der Waals surface area contributed by atoms with Gasteiger partial charge in [0.2, 0.25) is 5.12 Å². The van der Waals surface area contributed by atoms with Gasteiger partial charge in [0.25, 0.3) is 0 Å². The third kappa shape index (κ3) is 2.14. The van der Waals surface area contributed by atoms with Crippen LogP contribution in [0.2, 0.25) is 0 Å². The molecule has 0 radical (unpaired) electrons. The van der Waals surface area contributed by atoms with Crippen molar-refractivity contribution in [3.05, 3.63) is 11.6 Å². The van der Waals surface area contributed by atoms with Crippen LogP contribution in [0.5, 0.6) is 0 Å². The van der Waals surface area contributed by atoms with Crippen molar-refractivity contribution in [2.45, 2.75) is 13.8 Å². The highest BCUT2D eigenvalue weighted by molar-refractivity contribution is 8.09. The summed E-state index contributed by atoms with van der Waals surface area (Å²) in [6, 6.07) is 0. The van der Waals surface area contributed by atoms with E-state index in [4.69, 9.17) is 4.55 Å². The van der Waals surface area contributed by atoms with Crippen LogP contribution < -0.4 is 0 Å². The molecule has 0 aliphatic rings. The van der Waals surface area contributed by atoms with Gasteiger partial charge in [-0.05, 0) is 13.8 Å². The van der Waals surface area contributed by atoms with Gasteiger partial charge in [0, 0.05) is 5.57 Å². The van der Waals surface area contributed by atoms with Crippen LogP contribution in [0.1, 0.15) is 13.8 Å². The molecular weight excluding hydrogens is 124 g/mol. The third-order valence-electron chi connectivity index (χ3n) is 0.838. The SMILES string of the molecule is CC=C(C)C(=O)SO. The Kier molecular flexibility index (Phi) is 3.56. The summed E-state index contributed by atoms with van der Waals surface area (Å²) in [5, 5.41) is -0.285. The lowest BCUT2D eigenvalue weighted by Crippen LogP contribution is -1.89. The van der Waals surface area contributed by atoms with E-state index in [1.54, 1.807) is 19.9 Å². The van der Waals surface area contributed by atoms with Crippen LogP contribution in [0.3, 0.4) is 0 Å². The number of carbonyl (C=O) groups is 1. The molecule has 3 heteroatoms. The minimum absolute atomic E-state index is 0.250. The predicted octanol–water partition coefficient (Wildman–Crippen LogP) is 1.69. The third-order valence-corrected chi connectivity index (χ3v) is 1.33. The smallest absolute Gasteiger partial charge is 0.241 e. The van der Waals surface area contributed by atoms with Gasteiger partial charge < -0.3 is 4.55 Å². The van der Waals surface area contributed by atoms with Crippen LogP contribution in [0.25, 0.3) is 0 Å². The fraction of sp³-hybridized carbons (Fsp3) is 0.400. The lowest BCUT2D eigenvalue weighted by Gasteiger charge is -1.88. The molecule has 46 valence electrons. The van der Waals surface area contributed by atoms with Crippen molar-refractivity contribution in [2.75, 3.05) is 0 Å². The normalized spacial score (nSPS) is 11.6. The zero-order valence-corrected chi connectivity index (χ0v) is 5.66. The number of allylic oxidation sites excluding steroid dienone is 1. The van der Waals surface area contributed by atoms with E-state index in [2.05, 4.69) is 0 Å². The molecule has 0 unspecified atom stereocenters. The van der Waals surface area contributed by atoms with Crippen molar-refractivity contribution < 1.29 is 9.35 Å². The molecule has 0 rings (SSSR count). The van der Waals surface area contributed by atoms with Crippen molar-refractivity contribution in [1.29, 1.82) is 0 Å². The average molecular weight is 132 g/mol. The van der Waals surface area contributed by atoms with Gasteiger partial charge >= 0.3 is 0 Å². The molecule has 0 bridgehead atoms.